The smallest absolute Gasteiger partial charge is 0.278 e. The minimum atomic E-state index is -0.389. The summed E-state index contributed by atoms with van der Waals surface area (Å²) in [6, 6.07) is 12.7. The van der Waals surface area contributed by atoms with Crippen LogP contribution in [-0.4, -0.2) is 44.5 Å². The lowest BCUT2D eigenvalue weighted by Gasteiger charge is -2.15. The summed E-state index contributed by atoms with van der Waals surface area (Å²) >= 11 is 1.43. The van der Waals surface area contributed by atoms with Gasteiger partial charge in [0.1, 0.15) is 5.75 Å². The Hall–Kier alpha value is -3.50. The first-order valence-corrected chi connectivity index (χ1v) is 11.3. The van der Waals surface area contributed by atoms with Crippen molar-refractivity contribution >= 4 is 28.2 Å². The van der Waals surface area contributed by atoms with Crippen LogP contribution in [0.2, 0.25) is 0 Å². The van der Waals surface area contributed by atoms with Crippen LogP contribution in [0.4, 0.5) is 5.69 Å². The van der Waals surface area contributed by atoms with Crippen molar-refractivity contribution in [3.05, 3.63) is 65.0 Å². The summed E-state index contributed by atoms with van der Waals surface area (Å²) in [6.45, 7) is 1.39. The molecular weight excluding hydrogens is 442 g/mol. The molecule has 0 saturated carbocycles. The lowest BCUT2D eigenvalue weighted by atomic mass is 10.1. The summed E-state index contributed by atoms with van der Waals surface area (Å²) in [4.78, 5) is 16.0. The van der Waals surface area contributed by atoms with Crippen LogP contribution in [0, 0.1) is 10.1 Å². The van der Waals surface area contributed by atoms with Gasteiger partial charge in [0.25, 0.3) is 5.69 Å². The Morgan fingerprint density at radius 1 is 1.18 bits per heavy atom. The highest BCUT2D eigenvalue weighted by Gasteiger charge is 2.23. The first kappa shape index (κ1) is 21.4. The number of pyridine rings is 1. The van der Waals surface area contributed by atoms with Gasteiger partial charge >= 0.3 is 0 Å². The molecule has 4 aromatic rings. The van der Waals surface area contributed by atoms with E-state index in [-0.39, 0.29) is 16.7 Å². The zero-order valence-corrected chi connectivity index (χ0v) is 18.7. The van der Waals surface area contributed by atoms with Crippen molar-refractivity contribution in [2.24, 2.45) is 0 Å². The van der Waals surface area contributed by atoms with Crippen LogP contribution in [0.5, 0.6) is 5.75 Å². The van der Waals surface area contributed by atoms with Crippen LogP contribution >= 0.6 is 11.8 Å². The van der Waals surface area contributed by atoms with Gasteiger partial charge in [-0.3, -0.25) is 19.7 Å². The summed E-state index contributed by atoms with van der Waals surface area (Å²) < 4.78 is 13.2. The van der Waals surface area contributed by atoms with Gasteiger partial charge in [-0.1, -0.05) is 0 Å². The molecule has 33 heavy (non-hydrogen) atoms. The summed E-state index contributed by atoms with van der Waals surface area (Å²) in [5.74, 6) is 1.51. The summed E-state index contributed by atoms with van der Waals surface area (Å²) in [5, 5.41) is 22.4. The standard InChI is InChI=1S/C23H21N5O4S/c1-31-16-6-4-15(5-7-16)22-25-26-23(27(22)14-17-3-2-12-32-17)33-21-9-8-20(28(29)30)19-13-24-11-10-18(19)21/h4-11,13,17H,2-3,12,14H2,1H3. The molecule has 2 aromatic heterocycles. The Bertz CT molecular complexity index is 1300. The van der Waals surface area contributed by atoms with Crippen molar-refractivity contribution in [1.82, 2.24) is 19.7 Å². The van der Waals surface area contributed by atoms with E-state index in [1.807, 2.05) is 24.3 Å². The molecule has 0 bridgehead atoms. The van der Waals surface area contributed by atoms with Crippen molar-refractivity contribution in [3.8, 4) is 17.1 Å². The molecule has 1 fully saturated rings. The van der Waals surface area contributed by atoms with E-state index in [9.17, 15) is 10.1 Å². The van der Waals surface area contributed by atoms with Crippen molar-refractivity contribution in [1.29, 1.82) is 0 Å². The zero-order valence-electron chi connectivity index (χ0n) is 17.9. The number of fused-ring (bicyclic) bond motifs is 1. The van der Waals surface area contributed by atoms with Crippen LogP contribution < -0.4 is 4.74 Å². The molecule has 10 heteroatoms. The molecule has 168 valence electrons. The van der Waals surface area contributed by atoms with Crippen LogP contribution in [0.25, 0.3) is 22.2 Å². The van der Waals surface area contributed by atoms with Crippen LogP contribution in [0.15, 0.2) is 64.9 Å². The Kier molecular flexibility index (Phi) is 5.93. The Morgan fingerprint density at radius 3 is 2.76 bits per heavy atom. The fourth-order valence-electron chi connectivity index (χ4n) is 3.97. The summed E-state index contributed by atoms with van der Waals surface area (Å²) in [7, 11) is 1.63. The van der Waals surface area contributed by atoms with E-state index in [1.165, 1.54) is 24.0 Å². The lowest BCUT2D eigenvalue weighted by molar-refractivity contribution is -0.383. The van der Waals surface area contributed by atoms with E-state index in [1.54, 1.807) is 25.4 Å². The number of methoxy groups -OCH3 is 1. The van der Waals surface area contributed by atoms with Gasteiger partial charge in [-0.15, -0.1) is 10.2 Å². The molecule has 0 amide bonds. The second kappa shape index (κ2) is 9.16. The number of nitrogens with zero attached hydrogens (tertiary/aromatic N) is 5. The van der Waals surface area contributed by atoms with E-state index < -0.39 is 0 Å². The minimum absolute atomic E-state index is 0.0298. The quantitative estimate of drug-likeness (QED) is 0.286. The monoisotopic (exact) mass is 463 g/mol. The zero-order chi connectivity index (χ0) is 22.8. The maximum Gasteiger partial charge on any atom is 0.278 e. The Labute approximate surface area is 193 Å². The molecule has 3 heterocycles. The highest BCUT2D eigenvalue weighted by Crippen LogP contribution is 2.38. The van der Waals surface area contributed by atoms with Gasteiger partial charge in [0.2, 0.25) is 0 Å². The summed E-state index contributed by atoms with van der Waals surface area (Å²) in [5.41, 5.74) is 0.952. The molecule has 1 aliphatic heterocycles. The van der Waals surface area contributed by atoms with Crippen LogP contribution in [-0.2, 0) is 11.3 Å². The Morgan fingerprint density at radius 2 is 2.03 bits per heavy atom. The maximum atomic E-state index is 11.5. The number of non-ortho nitro benzene ring substituents is 1. The number of rotatable bonds is 7. The van der Waals surface area contributed by atoms with Crippen molar-refractivity contribution in [2.75, 3.05) is 13.7 Å². The fraction of sp³-hybridized carbons (Fsp3) is 0.261. The number of hydrogen-bond acceptors (Lipinski definition) is 8. The van der Waals surface area contributed by atoms with Gasteiger partial charge in [-0.05, 0) is 61.0 Å². The lowest BCUT2D eigenvalue weighted by Crippen LogP contribution is -2.16. The molecule has 0 aliphatic carbocycles. The third-order valence-corrected chi connectivity index (χ3v) is 6.69. The van der Waals surface area contributed by atoms with Crippen molar-refractivity contribution in [3.63, 3.8) is 0 Å². The first-order valence-electron chi connectivity index (χ1n) is 10.5. The summed E-state index contributed by atoms with van der Waals surface area (Å²) in [6.07, 6.45) is 5.27. The Balaban J connectivity index is 1.56. The predicted molar refractivity (Wildman–Crippen MR) is 124 cm³/mol. The molecule has 1 atom stereocenters. The molecule has 9 nitrogen and oxygen atoms in total. The predicted octanol–water partition coefficient (Wildman–Crippen LogP) is 4.74. The molecule has 0 radical (unpaired) electrons. The third-order valence-electron chi connectivity index (χ3n) is 5.63. The highest BCUT2D eigenvalue weighted by molar-refractivity contribution is 7.99. The van der Waals surface area contributed by atoms with E-state index in [2.05, 4.69) is 19.7 Å². The average Bonchev–Trinajstić information content (AvgIpc) is 3.50. The van der Waals surface area contributed by atoms with Gasteiger partial charge in [0, 0.05) is 40.9 Å². The number of benzene rings is 2. The van der Waals surface area contributed by atoms with E-state index in [4.69, 9.17) is 9.47 Å². The molecule has 1 saturated heterocycles. The molecule has 0 spiro atoms. The number of nitro benzene ring substituents is 1. The largest absolute Gasteiger partial charge is 0.497 e. The van der Waals surface area contributed by atoms with E-state index >= 15 is 0 Å². The normalized spacial score (nSPS) is 15.7. The van der Waals surface area contributed by atoms with E-state index in [0.29, 0.717) is 17.1 Å². The van der Waals surface area contributed by atoms with Crippen molar-refractivity contribution in [2.45, 2.75) is 35.5 Å². The molecule has 2 aromatic carbocycles. The fourth-order valence-corrected chi connectivity index (χ4v) is 4.94. The average molecular weight is 464 g/mol. The third kappa shape index (κ3) is 4.27. The van der Waals surface area contributed by atoms with Crippen LogP contribution in [0.1, 0.15) is 12.8 Å². The minimum Gasteiger partial charge on any atom is -0.497 e. The van der Waals surface area contributed by atoms with Gasteiger partial charge in [-0.2, -0.15) is 0 Å². The number of ether oxygens (including phenoxy) is 2. The molecule has 1 unspecified atom stereocenters. The highest BCUT2D eigenvalue weighted by atomic mass is 32.2. The second-order valence-electron chi connectivity index (χ2n) is 7.64. The SMILES string of the molecule is COc1ccc(-c2nnc(Sc3ccc([N+](=O)[O-])c4cnccc34)n2CC2CCCO2)cc1. The van der Waals surface area contributed by atoms with Gasteiger partial charge in [-0.25, -0.2) is 0 Å². The number of aromatic nitrogens is 4. The van der Waals surface area contributed by atoms with Gasteiger partial charge in [0.15, 0.2) is 11.0 Å². The molecule has 1 aliphatic rings. The second-order valence-corrected chi connectivity index (χ2v) is 8.65. The van der Waals surface area contributed by atoms with Crippen molar-refractivity contribution < 1.29 is 14.4 Å². The molecular formula is C23H21N5O4S. The van der Waals surface area contributed by atoms with Gasteiger partial charge in [0.05, 0.1) is 30.1 Å². The first-order chi connectivity index (χ1) is 16.1. The molecule has 0 N–H and O–H groups in total. The number of nitro groups is 1. The maximum absolute atomic E-state index is 11.5. The van der Waals surface area contributed by atoms with Gasteiger partial charge < -0.3 is 9.47 Å². The topological polar surface area (TPSA) is 105 Å². The van der Waals surface area contributed by atoms with Crippen LogP contribution in [0.3, 0.4) is 0 Å². The molecule has 5 rings (SSSR count). The number of hydrogen-bond donors (Lipinski definition) is 0. The van der Waals surface area contributed by atoms with E-state index in [0.717, 1.165) is 46.9 Å².